The Hall–Kier alpha value is -0.840. The van der Waals surface area contributed by atoms with Crippen LogP contribution in [0.25, 0.3) is 0 Å². The van der Waals surface area contributed by atoms with Crippen molar-refractivity contribution in [2.45, 2.75) is 6.92 Å². The van der Waals surface area contributed by atoms with Crippen molar-refractivity contribution in [3.05, 3.63) is 27.2 Å². The van der Waals surface area contributed by atoms with Gasteiger partial charge in [0.1, 0.15) is 11.6 Å². The van der Waals surface area contributed by atoms with Crippen LogP contribution >= 0.6 is 34.8 Å². The number of oxime groups is 1. The average Bonchev–Trinajstić information content (AvgIpc) is 2.30. The van der Waals surface area contributed by atoms with Gasteiger partial charge in [0.05, 0.1) is 27.6 Å². The van der Waals surface area contributed by atoms with E-state index in [0.717, 1.165) is 0 Å². The monoisotopic (exact) mass is 296 g/mol. The highest BCUT2D eigenvalue weighted by molar-refractivity contribution is 6.43. The molecule has 0 aromatic heterocycles. The molecule has 3 N–H and O–H groups in total. The van der Waals surface area contributed by atoms with Gasteiger partial charge < -0.3 is 15.7 Å². The Balaban J connectivity index is 2.73. The van der Waals surface area contributed by atoms with Crippen molar-refractivity contribution >= 4 is 40.6 Å². The molecule has 1 aromatic rings. The zero-order valence-electron chi connectivity index (χ0n) is 8.95. The van der Waals surface area contributed by atoms with Crippen molar-refractivity contribution in [2.75, 3.05) is 6.61 Å². The Morgan fingerprint density at radius 1 is 1.35 bits per heavy atom. The number of benzene rings is 1. The summed E-state index contributed by atoms with van der Waals surface area (Å²) in [5, 5.41) is 12.4. The second-order valence-electron chi connectivity index (χ2n) is 3.43. The molecule has 0 heterocycles. The van der Waals surface area contributed by atoms with Crippen LogP contribution in [0, 0.1) is 5.92 Å². The molecule has 7 heteroatoms. The maximum atomic E-state index is 8.48. The van der Waals surface area contributed by atoms with Gasteiger partial charge in [0.15, 0.2) is 0 Å². The quantitative estimate of drug-likeness (QED) is 0.294. The van der Waals surface area contributed by atoms with Gasteiger partial charge in [0.25, 0.3) is 0 Å². The van der Waals surface area contributed by atoms with Crippen LogP contribution in [0.4, 0.5) is 0 Å². The van der Waals surface area contributed by atoms with Gasteiger partial charge >= 0.3 is 0 Å². The van der Waals surface area contributed by atoms with E-state index in [1.807, 2.05) is 0 Å². The van der Waals surface area contributed by atoms with E-state index in [4.69, 9.17) is 50.5 Å². The van der Waals surface area contributed by atoms with Crippen LogP contribution in [-0.4, -0.2) is 17.6 Å². The number of ether oxygens (including phenoxy) is 1. The number of nitrogens with two attached hydrogens (primary N) is 1. The Morgan fingerprint density at radius 2 is 1.94 bits per heavy atom. The summed E-state index contributed by atoms with van der Waals surface area (Å²) < 4.78 is 5.41. The van der Waals surface area contributed by atoms with Gasteiger partial charge in [-0.2, -0.15) is 0 Å². The summed E-state index contributed by atoms with van der Waals surface area (Å²) in [7, 11) is 0. The lowest BCUT2D eigenvalue weighted by atomic mass is 10.2. The summed E-state index contributed by atoms with van der Waals surface area (Å²) in [6.45, 7) is 1.97. The first-order valence-electron chi connectivity index (χ1n) is 4.70. The number of amidine groups is 1. The van der Waals surface area contributed by atoms with Crippen LogP contribution in [0.3, 0.4) is 0 Å². The Kier molecular flexibility index (Phi) is 5.18. The first kappa shape index (κ1) is 14.2. The molecule has 0 bridgehead atoms. The molecule has 1 unspecified atom stereocenters. The van der Waals surface area contributed by atoms with Crippen molar-refractivity contribution in [3.8, 4) is 5.75 Å². The average molecular weight is 298 g/mol. The molecule has 0 amide bonds. The molecule has 0 aliphatic heterocycles. The fourth-order valence-corrected chi connectivity index (χ4v) is 1.61. The highest BCUT2D eigenvalue weighted by Crippen LogP contribution is 2.33. The molecule has 0 fully saturated rings. The van der Waals surface area contributed by atoms with Gasteiger partial charge in [0.2, 0.25) is 0 Å². The smallest absolute Gasteiger partial charge is 0.145 e. The Bertz CT molecular complexity index is 438. The van der Waals surface area contributed by atoms with E-state index in [0.29, 0.717) is 20.8 Å². The number of hydrogen-bond donors (Lipinski definition) is 2. The molecule has 1 atom stereocenters. The van der Waals surface area contributed by atoms with Gasteiger partial charge in [-0.3, -0.25) is 0 Å². The van der Waals surface area contributed by atoms with Crippen molar-refractivity contribution in [1.29, 1.82) is 0 Å². The van der Waals surface area contributed by atoms with Gasteiger partial charge in [-0.25, -0.2) is 0 Å². The van der Waals surface area contributed by atoms with Crippen molar-refractivity contribution in [2.24, 2.45) is 16.8 Å². The standard InChI is InChI=1S/C10H11Cl3N2O2/c1-5(10(14)15-16)4-17-9-3-7(12)6(11)2-8(9)13/h2-3,5,16H,4H2,1H3,(H2,14,15). The second kappa shape index (κ2) is 6.19. The third kappa shape index (κ3) is 3.84. The van der Waals surface area contributed by atoms with Crippen LogP contribution in [0.2, 0.25) is 15.1 Å². The van der Waals surface area contributed by atoms with Crippen molar-refractivity contribution < 1.29 is 9.94 Å². The van der Waals surface area contributed by atoms with E-state index < -0.39 is 0 Å². The fraction of sp³-hybridized carbons (Fsp3) is 0.300. The third-order valence-electron chi connectivity index (χ3n) is 2.08. The normalized spacial score (nSPS) is 13.5. The number of rotatable bonds is 4. The van der Waals surface area contributed by atoms with E-state index in [1.165, 1.54) is 12.1 Å². The van der Waals surface area contributed by atoms with Crippen molar-refractivity contribution in [3.63, 3.8) is 0 Å². The molecule has 1 rings (SSSR count). The minimum absolute atomic E-state index is 0.0844. The highest BCUT2D eigenvalue weighted by Gasteiger charge is 2.11. The van der Waals surface area contributed by atoms with E-state index in [-0.39, 0.29) is 18.4 Å². The number of nitrogens with zero attached hydrogens (tertiary/aromatic N) is 1. The zero-order valence-corrected chi connectivity index (χ0v) is 11.2. The molecule has 1 aromatic carbocycles. The maximum absolute atomic E-state index is 8.48. The summed E-state index contributed by atoms with van der Waals surface area (Å²) in [6, 6.07) is 3.01. The number of hydrogen-bond acceptors (Lipinski definition) is 3. The molecule has 0 aliphatic carbocycles. The molecular weight excluding hydrogens is 286 g/mol. The molecule has 94 valence electrons. The summed E-state index contributed by atoms with van der Waals surface area (Å²) in [6.07, 6.45) is 0. The lowest BCUT2D eigenvalue weighted by Gasteiger charge is -2.13. The molecule has 17 heavy (non-hydrogen) atoms. The van der Waals surface area contributed by atoms with Crippen LogP contribution in [0.15, 0.2) is 17.3 Å². The maximum Gasteiger partial charge on any atom is 0.145 e. The van der Waals surface area contributed by atoms with Crippen LogP contribution < -0.4 is 10.5 Å². The molecule has 0 aliphatic rings. The van der Waals surface area contributed by atoms with Gasteiger partial charge in [-0.05, 0) is 6.07 Å². The minimum atomic E-state index is -0.245. The van der Waals surface area contributed by atoms with Crippen LogP contribution in [-0.2, 0) is 0 Å². The lowest BCUT2D eigenvalue weighted by molar-refractivity contribution is 0.279. The first-order chi connectivity index (χ1) is 7.95. The summed E-state index contributed by atoms with van der Waals surface area (Å²) in [5.41, 5.74) is 5.41. The molecule has 0 saturated heterocycles. The van der Waals surface area contributed by atoms with Gasteiger partial charge in [-0.1, -0.05) is 46.9 Å². The predicted molar refractivity (Wildman–Crippen MR) is 69.5 cm³/mol. The van der Waals surface area contributed by atoms with Crippen LogP contribution in [0.5, 0.6) is 5.75 Å². The van der Waals surface area contributed by atoms with E-state index >= 15 is 0 Å². The fourth-order valence-electron chi connectivity index (χ4n) is 1.01. The highest BCUT2D eigenvalue weighted by atomic mass is 35.5. The van der Waals surface area contributed by atoms with Crippen LogP contribution in [0.1, 0.15) is 6.92 Å². The van der Waals surface area contributed by atoms with Crippen molar-refractivity contribution in [1.82, 2.24) is 0 Å². The summed E-state index contributed by atoms with van der Waals surface area (Å²) in [5.74, 6) is 0.241. The molecule has 0 spiro atoms. The second-order valence-corrected chi connectivity index (χ2v) is 4.66. The Labute approximate surface area is 114 Å². The summed E-state index contributed by atoms with van der Waals surface area (Å²) >= 11 is 17.5. The van der Waals surface area contributed by atoms with E-state index in [9.17, 15) is 0 Å². The molecular formula is C10H11Cl3N2O2. The Morgan fingerprint density at radius 3 is 2.53 bits per heavy atom. The SMILES string of the molecule is CC(COc1cc(Cl)c(Cl)cc1Cl)/C(N)=N/O. The summed E-state index contributed by atoms with van der Waals surface area (Å²) in [4.78, 5) is 0. The predicted octanol–water partition coefficient (Wildman–Crippen LogP) is 3.41. The first-order valence-corrected chi connectivity index (χ1v) is 5.83. The lowest BCUT2D eigenvalue weighted by Crippen LogP contribution is -2.26. The molecule has 0 radical (unpaired) electrons. The van der Waals surface area contributed by atoms with Gasteiger partial charge in [0, 0.05) is 6.07 Å². The van der Waals surface area contributed by atoms with E-state index in [1.54, 1.807) is 6.92 Å². The van der Waals surface area contributed by atoms with E-state index in [2.05, 4.69) is 5.16 Å². The largest absolute Gasteiger partial charge is 0.491 e. The molecule has 4 nitrogen and oxygen atoms in total. The van der Waals surface area contributed by atoms with Gasteiger partial charge in [-0.15, -0.1) is 0 Å². The topological polar surface area (TPSA) is 67.8 Å². The number of halogens is 3. The zero-order chi connectivity index (χ0) is 13.0. The molecule has 0 saturated carbocycles. The minimum Gasteiger partial charge on any atom is -0.491 e. The third-order valence-corrected chi connectivity index (χ3v) is 3.10.